The van der Waals surface area contributed by atoms with Crippen LogP contribution in [0.1, 0.15) is 100 Å². The maximum Gasteiger partial charge on any atom is 0.321 e. The summed E-state index contributed by atoms with van der Waals surface area (Å²) in [4.78, 5) is 40.3. The summed E-state index contributed by atoms with van der Waals surface area (Å²) in [5.74, 6) is -5.62. The summed E-state index contributed by atoms with van der Waals surface area (Å²) in [6.07, 6.45) is 8.42. The van der Waals surface area contributed by atoms with Gasteiger partial charge in [-0.15, -0.1) is 0 Å². The average molecular weight is 555 g/mol. The molecular weight excluding hydrogens is 510 g/mol. The first-order valence-corrected chi connectivity index (χ1v) is 14.8. The van der Waals surface area contributed by atoms with Gasteiger partial charge in [0.15, 0.2) is 11.6 Å². The van der Waals surface area contributed by atoms with Crippen LogP contribution in [0, 0.1) is 56.2 Å². The molecule has 0 bridgehead atoms. The third-order valence-electron chi connectivity index (χ3n) is 12.6. The van der Waals surface area contributed by atoms with Crippen LogP contribution >= 0.6 is 0 Å². The molecule has 3 saturated carbocycles. The number of rotatable bonds is 2. The topological polar surface area (TPSA) is 87.0 Å². The van der Waals surface area contributed by atoms with Crippen molar-refractivity contribution in [2.45, 2.75) is 112 Å². The fraction of sp³-hybridized carbons (Fsp3) is 0.758. The fourth-order valence-electron chi connectivity index (χ4n) is 10.2. The van der Waals surface area contributed by atoms with E-state index in [1.54, 1.807) is 6.08 Å². The summed E-state index contributed by atoms with van der Waals surface area (Å²) < 4.78 is 28.3. The second-order valence-corrected chi connectivity index (χ2v) is 15.8. The van der Waals surface area contributed by atoms with Crippen LogP contribution in [0.5, 0.6) is 0 Å². The first-order chi connectivity index (χ1) is 18.2. The van der Waals surface area contributed by atoms with Crippen molar-refractivity contribution in [3.8, 4) is 6.07 Å². The number of amides is 1. The van der Waals surface area contributed by atoms with Crippen LogP contribution in [0.2, 0.25) is 0 Å². The molecule has 1 N–H and O–H groups in total. The minimum atomic E-state index is -3.49. The van der Waals surface area contributed by atoms with Crippen LogP contribution in [-0.4, -0.2) is 28.9 Å². The monoisotopic (exact) mass is 554 g/mol. The van der Waals surface area contributed by atoms with Crippen molar-refractivity contribution < 1.29 is 23.2 Å². The van der Waals surface area contributed by atoms with E-state index in [1.807, 2.05) is 19.9 Å². The van der Waals surface area contributed by atoms with Crippen molar-refractivity contribution in [1.29, 1.82) is 5.26 Å². The highest BCUT2D eigenvalue weighted by Crippen LogP contribution is 2.73. The molecule has 5 rings (SSSR count). The van der Waals surface area contributed by atoms with Crippen LogP contribution in [0.3, 0.4) is 0 Å². The van der Waals surface area contributed by atoms with Crippen LogP contribution in [-0.2, 0) is 14.4 Å². The van der Waals surface area contributed by atoms with E-state index in [1.165, 1.54) is 0 Å². The summed E-state index contributed by atoms with van der Waals surface area (Å²) in [5, 5.41) is 12.7. The number of nitrogens with zero attached hydrogens (tertiary/aromatic N) is 1. The van der Waals surface area contributed by atoms with Gasteiger partial charge in [-0.1, -0.05) is 60.1 Å². The molecule has 7 heteroatoms. The molecule has 0 radical (unpaired) electrons. The minimum Gasteiger partial charge on any atom is -0.345 e. The lowest BCUT2D eigenvalue weighted by Gasteiger charge is -2.69. The number of carbonyl (C=O) groups excluding carboxylic acids is 3. The van der Waals surface area contributed by atoms with Gasteiger partial charge in [0, 0.05) is 29.2 Å². The molecule has 0 aromatic rings. The van der Waals surface area contributed by atoms with Crippen LogP contribution in [0.4, 0.5) is 8.78 Å². The number of allylic oxidation sites excluding steroid dienone is 4. The van der Waals surface area contributed by atoms with E-state index in [4.69, 9.17) is 0 Å². The number of Topliss-reactive ketones (excluding diaryl/α,β-unsaturated/α-hetero) is 1. The molecule has 0 spiro atoms. The van der Waals surface area contributed by atoms with Gasteiger partial charge in [-0.05, 0) is 79.1 Å². The molecule has 3 unspecified atom stereocenters. The Bertz CT molecular complexity index is 1300. The number of hydrogen-bond acceptors (Lipinski definition) is 4. The molecule has 0 aromatic heterocycles. The molecule has 5 aliphatic rings. The number of nitriles is 1. The largest absolute Gasteiger partial charge is 0.345 e. The van der Waals surface area contributed by atoms with E-state index in [0.717, 1.165) is 24.8 Å². The highest BCUT2D eigenvalue weighted by atomic mass is 19.3. The lowest BCUT2D eigenvalue weighted by atomic mass is 9.35. The Kier molecular flexibility index (Phi) is 6.09. The Morgan fingerprint density at radius 3 is 2.25 bits per heavy atom. The zero-order valence-corrected chi connectivity index (χ0v) is 25.3. The van der Waals surface area contributed by atoms with Crippen molar-refractivity contribution in [2.75, 3.05) is 0 Å². The third-order valence-corrected chi connectivity index (χ3v) is 12.6. The minimum absolute atomic E-state index is 0.0113. The molecule has 218 valence electrons. The Morgan fingerprint density at radius 2 is 1.65 bits per heavy atom. The molecule has 3 fully saturated rings. The van der Waals surface area contributed by atoms with Crippen molar-refractivity contribution in [1.82, 2.24) is 5.32 Å². The quantitative estimate of drug-likeness (QED) is 0.410. The molecule has 5 nitrogen and oxygen atoms in total. The van der Waals surface area contributed by atoms with Crippen LogP contribution in [0.25, 0.3) is 0 Å². The van der Waals surface area contributed by atoms with Gasteiger partial charge in [-0.25, -0.2) is 0 Å². The van der Waals surface area contributed by atoms with E-state index in [0.29, 0.717) is 32.6 Å². The van der Waals surface area contributed by atoms with Gasteiger partial charge in [0.25, 0.3) is 5.91 Å². The van der Waals surface area contributed by atoms with E-state index in [2.05, 4.69) is 46.0 Å². The van der Waals surface area contributed by atoms with Crippen molar-refractivity contribution in [3.05, 3.63) is 23.3 Å². The molecule has 0 heterocycles. The first-order valence-electron chi connectivity index (χ1n) is 14.8. The highest BCUT2D eigenvalue weighted by Gasteiger charge is 2.70. The molecule has 40 heavy (non-hydrogen) atoms. The zero-order chi connectivity index (χ0) is 29.9. The second kappa shape index (κ2) is 8.35. The Labute approximate surface area is 237 Å². The molecule has 0 aliphatic heterocycles. The van der Waals surface area contributed by atoms with Gasteiger partial charge in [-0.3, -0.25) is 14.4 Å². The first kappa shape index (κ1) is 29.1. The highest BCUT2D eigenvalue weighted by molar-refractivity contribution is 6.04. The van der Waals surface area contributed by atoms with Gasteiger partial charge < -0.3 is 5.32 Å². The van der Waals surface area contributed by atoms with Crippen LogP contribution in [0.15, 0.2) is 23.3 Å². The average Bonchev–Trinajstić information content (AvgIpc) is 2.83. The van der Waals surface area contributed by atoms with Crippen molar-refractivity contribution in [2.24, 2.45) is 44.8 Å². The molecular formula is C33H44F2N2O3. The van der Waals surface area contributed by atoms with Crippen LogP contribution < -0.4 is 5.32 Å². The van der Waals surface area contributed by atoms with Gasteiger partial charge in [0.1, 0.15) is 6.07 Å². The van der Waals surface area contributed by atoms with Gasteiger partial charge in [-0.2, -0.15) is 14.0 Å². The Balaban J connectivity index is 1.67. The Hall–Kier alpha value is -2.36. The van der Waals surface area contributed by atoms with Gasteiger partial charge in [0.05, 0.1) is 5.57 Å². The number of fused-ring (bicyclic) bond motifs is 7. The predicted molar refractivity (Wildman–Crippen MR) is 148 cm³/mol. The molecule has 0 saturated heterocycles. The maximum atomic E-state index is 14.4. The molecule has 7 atom stereocenters. The number of nitrogens with one attached hydrogen (secondary N) is 1. The van der Waals surface area contributed by atoms with Gasteiger partial charge >= 0.3 is 5.92 Å². The lowest BCUT2D eigenvalue weighted by molar-refractivity contribution is -0.168. The lowest BCUT2D eigenvalue weighted by Crippen LogP contribution is -2.70. The smallest absolute Gasteiger partial charge is 0.321 e. The van der Waals surface area contributed by atoms with E-state index >= 15 is 0 Å². The normalized spacial score (nSPS) is 43.6. The summed E-state index contributed by atoms with van der Waals surface area (Å²) in [6.45, 7) is 15.3. The van der Waals surface area contributed by atoms with E-state index in [9.17, 15) is 28.4 Å². The summed E-state index contributed by atoms with van der Waals surface area (Å²) >= 11 is 0. The molecule has 1 amide bonds. The number of hydrogen-bond donors (Lipinski definition) is 1. The number of alkyl halides is 2. The van der Waals surface area contributed by atoms with Crippen molar-refractivity contribution >= 4 is 17.5 Å². The second-order valence-electron chi connectivity index (χ2n) is 15.8. The van der Waals surface area contributed by atoms with Gasteiger partial charge in [0.2, 0.25) is 0 Å². The van der Waals surface area contributed by atoms with E-state index < -0.39 is 44.9 Å². The Morgan fingerprint density at radius 1 is 1.02 bits per heavy atom. The fourth-order valence-corrected chi connectivity index (χ4v) is 10.2. The summed E-state index contributed by atoms with van der Waals surface area (Å²) in [7, 11) is 0. The third kappa shape index (κ3) is 3.69. The predicted octanol–water partition coefficient (Wildman–Crippen LogP) is 6.73. The number of carbonyl (C=O) groups is 3. The van der Waals surface area contributed by atoms with Crippen molar-refractivity contribution in [3.63, 3.8) is 0 Å². The van der Waals surface area contributed by atoms with E-state index in [-0.39, 0.29) is 34.4 Å². The SMILES string of the molecule is CC1(C)CC[C@]2(NC(=O)C(C)(F)F)CC[C@]3(C)C(C(=O)C=C4[C@@]5(C)C=C(C#N)C(=O)C(C)(C)C5CC[C@]43C)C2C1. The summed E-state index contributed by atoms with van der Waals surface area (Å²) in [6, 6.07) is 2.13. The maximum absolute atomic E-state index is 14.4. The standard InChI is InChI=1S/C33H44F2N2O3/c1-27(2)11-13-33(37-26(40)32(8,34)35)14-12-31(7)24(20(33)17-27)21(38)15-23-29(5)16-19(18-36)25(39)28(3,4)22(29)9-10-30(23,31)6/h15-16,20,22,24H,9-14,17H2,1-8H3,(H,37,40)/t20?,22?,24?,29-,30+,31+,33-/m0/s1. The zero-order valence-electron chi connectivity index (χ0n) is 25.3. The number of ketones is 2. The summed E-state index contributed by atoms with van der Waals surface area (Å²) in [5.41, 5.74) is -1.98. The molecule has 5 aliphatic carbocycles. The number of halogens is 2. The molecule has 0 aromatic carbocycles.